The smallest absolute Gasteiger partial charge is 0.00773 e. The lowest BCUT2D eigenvalue weighted by atomic mass is 9.71. The van der Waals surface area contributed by atoms with Gasteiger partial charge in [-0.25, -0.2) is 0 Å². The summed E-state index contributed by atoms with van der Waals surface area (Å²) < 4.78 is 0. The van der Waals surface area contributed by atoms with Crippen LogP contribution in [0.1, 0.15) is 60.3 Å². The van der Waals surface area contributed by atoms with Crippen LogP contribution in [-0.2, 0) is 0 Å². The molecule has 86 valence electrons. The van der Waals surface area contributed by atoms with E-state index in [1.807, 2.05) is 0 Å². The lowest BCUT2D eigenvalue weighted by Crippen LogP contribution is -2.26. The van der Waals surface area contributed by atoms with E-state index in [0.29, 0.717) is 5.41 Å². The van der Waals surface area contributed by atoms with Crippen molar-refractivity contribution in [1.82, 2.24) is 0 Å². The first kappa shape index (κ1) is 14.0. The van der Waals surface area contributed by atoms with Crippen LogP contribution in [0.2, 0.25) is 0 Å². The molecular formula is C13H29N. The second-order valence-electron chi connectivity index (χ2n) is 5.39. The minimum Gasteiger partial charge on any atom is -0.330 e. The molecule has 1 nitrogen and oxygen atoms in total. The van der Waals surface area contributed by atoms with E-state index >= 15 is 0 Å². The van der Waals surface area contributed by atoms with Gasteiger partial charge in [-0.05, 0) is 30.2 Å². The van der Waals surface area contributed by atoms with Gasteiger partial charge in [-0.15, -0.1) is 0 Å². The van der Waals surface area contributed by atoms with Crippen molar-refractivity contribution in [1.29, 1.82) is 0 Å². The standard InChI is InChI=1S/C13H29N/c1-6-13(4,5)12(3)11(2)9-7-8-10-14/h11-12H,6-10,14H2,1-5H3. The molecule has 2 N–H and O–H groups in total. The summed E-state index contributed by atoms with van der Waals surface area (Å²) in [5.41, 5.74) is 5.99. The molecule has 0 aromatic heterocycles. The average molecular weight is 199 g/mol. The van der Waals surface area contributed by atoms with Crippen LogP contribution in [0.25, 0.3) is 0 Å². The van der Waals surface area contributed by atoms with E-state index in [9.17, 15) is 0 Å². The van der Waals surface area contributed by atoms with Crippen molar-refractivity contribution < 1.29 is 0 Å². The summed E-state index contributed by atoms with van der Waals surface area (Å²) in [7, 11) is 0. The molecule has 1 heteroatoms. The lowest BCUT2D eigenvalue weighted by Gasteiger charge is -2.35. The maximum absolute atomic E-state index is 5.50. The molecule has 0 aromatic carbocycles. The Hall–Kier alpha value is -0.0400. The highest BCUT2D eigenvalue weighted by molar-refractivity contribution is 4.77. The Morgan fingerprint density at radius 1 is 1.14 bits per heavy atom. The molecule has 0 aliphatic rings. The van der Waals surface area contributed by atoms with E-state index in [1.165, 1.54) is 25.7 Å². The van der Waals surface area contributed by atoms with Gasteiger partial charge in [-0.3, -0.25) is 0 Å². The van der Waals surface area contributed by atoms with Gasteiger partial charge in [0.15, 0.2) is 0 Å². The van der Waals surface area contributed by atoms with Crippen LogP contribution in [0, 0.1) is 17.3 Å². The van der Waals surface area contributed by atoms with Gasteiger partial charge in [0.1, 0.15) is 0 Å². The second-order valence-corrected chi connectivity index (χ2v) is 5.39. The van der Waals surface area contributed by atoms with Gasteiger partial charge in [-0.2, -0.15) is 0 Å². The summed E-state index contributed by atoms with van der Waals surface area (Å²) in [6.45, 7) is 12.7. The molecule has 0 fully saturated rings. The molecule has 0 rings (SSSR count). The third-order valence-electron chi connectivity index (χ3n) is 4.11. The highest BCUT2D eigenvalue weighted by Crippen LogP contribution is 2.36. The van der Waals surface area contributed by atoms with E-state index in [0.717, 1.165) is 18.4 Å². The molecule has 2 atom stereocenters. The number of unbranched alkanes of at least 4 members (excludes halogenated alkanes) is 1. The fourth-order valence-electron chi connectivity index (χ4n) is 1.95. The Morgan fingerprint density at radius 3 is 2.14 bits per heavy atom. The molecule has 0 saturated carbocycles. The molecule has 0 amide bonds. The Kier molecular flexibility index (Phi) is 6.43. The van der Waals surface area contributed by atoms with Gasteiger partial charge in [0.05, 0.1) is 0 Å². The maximum atomic E-state index is 5.50. The SMILES string of the molecule is CCC(C)(C)C(C)C(C)CCCCN. The summed E-state index contributed by atoms with van der Waals surface area (Å²) in [4.78, 5) is 0. The van der Waals surface area contributed by atoms with Crippen LogP contribution in [0.3, 0.4) is 0 Å². The van der Waals surface area contributed by atoms with Crippen LogP contribution >= 0.6 is 0 Å². The van der Waals surface area contributed by atoms with Crippen LogP contribution in [-0.4, -0.2) is 6.54 Å². The normalized spacial score (nSPS) is 16.7. The van der Waals surface area contributed by atoms with Crippen molar-refractivity contribution in [3.05, 3.63) is 0 Å². The first-order valence-electron chi connectivity index (χ1n) is 6.15. The number of hydrogen-bond acceptors (Lipinski definition) is 1. The van der Waals surface area contributed by atoms with Crippen molar-refractivity contribution in [3.63, 3.8) is 0 Å². The van der Waals surface area contributed by atoms with Crippen molar-refractivity contribution in [2.24, 2.45) is 23.0 Å². The van der Waals surface area contributed by atoms with Crippen LogP contribution < -0.4 is 5.73 Å². The third kappa shape index (κ3) is 4.45. The minimum absolute atomic E-state index is 0.488. The summed E-state index contributed by atoms with van der Waals surface area (Å²) in [6.07, 6.45) is 5.09. The molecule has 14 heavy (non-hydrogen) atoms. The van der Waals surface area contributed by atoms with Gasteiger partial charge in [0.25, 0.3) is 0 Å². The number of hydrogen-bond donors (Lipinski definition) is 1. The monoisotopic (exact) mass is 199 g/mol. The fourth-order valence-corrected chi connectivity index (χ4v) is 1.95. The summed E-state index contributed by atoms with van der Waals surface area (Å²) >= 11 is 0. The Bertz CT molecular complexity index is 140. The van der Waals surface area contributed by atoms with Crippen molar-refractivity contribution in [3.8, 4) is 0 Å². The first-order valence-corrected chi connectivity index (χ1v) is 6.15. The summed E-state index contributed by atoms with van der Waals surface area (Å²) in [6, 6.07) is 0. The highest BCUT2D eigenvalue weighted by atomic mass is 14.5. The van der Waals surface area contributed by atoms with Crippen LogP contribution in [0.15, 0.2) is 0 Å². The van der Waals surface area contributed by atoms with Crippen molar-refractivity contribution in [2.75, 3.05) is 6.54 Å². The summed E-state index contributed by atoms with van der Waals surface area (Å²) in [5, 5.41) is 0. The Balaban J connectivity index is 3.92. The molecular weight excluding hydrogens is 170 g/mol. The van der Waals surface area contributed by atoms with Gasteiger partial charge >= 0.3 is 0 Å². The lowest BCUT2D eigenvalue weighted by molar-refractivity contribution is 0.151. The first-order chi connectivity index (χ1) is 6.45. The van der Waals surface area contributed by atoms with Gasteiger partial charge in [-0.1, -0.05) is 53.9 Å². The Morgan fingerprint density at radius 2 is 1.71 bits per heavy atom. The van der Waals surface area contributed by atoms with Crippen LogP contribution in [0.4, 0.5) is 0 Å². The topological polar surface area (TPSA) is 26.0 Å². The van der Waals surface area contributed by atoms with Crippen molar-refractivity contribution >= 4 is 0 Å². The van der Waals surface area contributed by atoms with Crippen molar-refractivity contribution in [2.45, 2.75) is 60.3 Å². The van der Waals surface area contributed by atoms with E-state index in [1.54, 1.807) is 0 Å². The molecule has 0 aromatic rings. The second kappa shape index (κ2) is 6.44. The van der Waals surface area contributed by atoms with Gasteiger partial charge in [0, 0.05) is 0 Å². The van der Waals surface area contributed by atoms with E-state index < -0.39 is 0 Å². The van der Waals surface area contributed by atoms with E-state index in [2.05, 4.69) is 34.6 Å². The van der Waals surface area contributed by atoms with E-state index in [4.69, 9.17) is 5.73 Å². The molecule has 2 unspecified atom stereocenters. The number of rotatable bonds is 7. The molecule has 0 radical (unpaired) electrons. The molecule has 0 bridgehead atoms. The minimum atomic E-state index is 0.488. The van der Waals surface area contributed by atoms with E-state index in [-0.39, 0.29) is 0 Å². The largest absolute Gasteiger partial charge is 0.330 e. The maximum Gasteiger partial charge on any atom is -0.00773 e. The zero-order valence-corrected chi connectivity index (χ0v) is 10.8. The number of nitrogens with two attached hydrogens (primary N) is 1. The van der Waals surface area contributed by atoms with Gasteiger partial charge < -0.3 is 5.73 Å². The molecule has 0 aliphatic heterocycles. The van der Waals surface area contributed by atoms with Gasteiger partial charge in [0.2, 0.25) is 0 Å². The highest BCUT2D eigenvalue weighted by Gasteiger charge is 2.27. The molecule has 0 aliphatic carbocycles. The predicted octanol–water partition coefficient (Wildman–Crippen LogP) is 3.82. The molecule has 0 spiro atoms. The fraction of sp³-hybridized carbons (Fsp3) is 1.00. The molecule has 0 saturated heterocycles. The van der Waals surface area contributed by atoms with Crippen LogP contribution in [0.5, 0.6) is 0 Å². The zero-order chi connectivity index (χ0) is 11.2. The molecule has 0 heterocycles. The zero-order valence-electron chi connectivity index (χ0n) is 10.8. The predicted molar refractivity (Wildman–Crippen MR) is 65.3 cm³/mol. The Labute approximate surface area is 90.5 Å². The summed E-state index contributed by atoms with van der Waals surface area (Å²) in [5.74, 6) is 1.64. The average Bonchev–Trinajstić information content (AvgIpc) is 2.17. The quantitative estimate of drug-likeness (QED) is 0.620. The third-order valence-corrected chi connectivity index (χ3v) is 4.11.